The van der Waals surface area contributed by atoms with Crippen molar-refractivity contribution in [1.82, 2.24) is 10.6 Å². The molecule has 7 nitrogen and oxygen atoms in total. The van der Waals surface area contributed by atoms with E-state index in [9.17, 15) is 14.4 Å². The van der Waals surface area contributed by atoms with Gasteiger partial charge in [0, 0.05) is 23.7 Å². The van der Waals surface area contributed by atoms with Gasteiger partial charge < -0.3 is 20.7 Å². The van der Waals surface area contributed by atoms with Crippen LogP contribution in [0.2, 0.25) is 5.02 Å². The van der Waals surface area contributed by atoms with Gasteiger partial charge in [0.25, 0.3) is 5.91 Å². The highest BCUT2D eigenvalue weighted by Gasteiger charge is 2.12. The fraction of sp³-hybridized carbons (Fsp3) is 0.250. The minimum Gasteiger partial charge on any atom is -0.496 e. The number of rotatable bonds is 8. The highest BCUT2D eigenvalue weighted by molar-refractivity contribution is 6.31. The summed E-state index contributed by atoms with van der Waals surface area (Å²) in [5.41, 5.74) is 1.74. The zero-order chi connectivity index (χ0) is 20.5. The SMILES string of the molecule is COc1ccccc1C(=O)NCCC(=O)NCC(=O)Nc1cccc(Cl)c1C. The Bertz CT molecular complexity index is 870. The van der Waals surface area contributed by atoms with Gasteiger partial charge in [0.1, 0.15) is 5.75 Å². The van der Waals surface area contributed by atoms with Crippen molar-refractivity contribution >= 4 is 35.0 Å². The third kappa shape index (κ3) is 5.99. The molecule has 148 valence electrons. The molecule has 8 heteroatoms. The van der Waals surface area contributed by atoms with E-state index in [-0.39, 0.29) is 37.2 Å². The van der Waals surface area contributed by atoms with Gasteiger partial charge in [0.05, 0.1) is 19.2 Å². The lowest BCUT2D eigenvalue weighted by Crippen LogP contribution is -2.35. The predicted molar refractivity (Wildman–Crippen MR) is 108 cm³/mol. The Hall–Kier alpha value is -3.06. The molecule has 0 saturated heterocycles. The molecular weight excluding hydrogens is 382 g/mol. The number of ether oxygens (including phenoxy) is 1. The number of benzene rings is 2. The number of carbonyl (C=O) groups excluding carboxylic acids is 3. The van der Waals surface area contributed by atoms with Crippen molar-refractivity contribution in [2.24, 2.45) is 0 Å². The van der Waals surface area contributed by atoms with Gasteiger partial charge in [0.15, 0.2) is 0 Å². The van der Waals surface area contributed by atoms with Crippen LogP contribution in [0.25, 0.3) is 0 Å². The maximum absolute atomic E-state index is 12.1. The first-order valence-corrected chi connectivity index (χ1v) is 9.03. The number of anilines is 1. The number of nitrogens with one attached hydrogen (secondary N) is 3. The lowest BCUT2D eigenvalue weighted by Gasteiger charge is -2.11. The van der Waals surface area contributed by atoms with Gasteiger partial charge in [-0.25, -0.2) is 0 Å². The number of halogens is 1. The Morgan fingerprint density at radius 3 is 2.50 bits per heavy atom. The van der Waals surface area contributed by atoms with Crippen molar-refractivity contribution in [3.8, 4) is 5.75 Å². The second-order valence-electron chi connectivity index (χ2n) is 5.94. The summed E-state index contributed by atoms with van der Waals surface area (Å²) in [6.45, 7) is 1.75. The second kappa shape index (κ2) is 10.3. The molecular formula is C20H22ClN3O4. The first-order chi connectivity index (χ1) is 13.4. The number of hydrogen-bond donors (Lipinski definition) is 3. The van der Waals surface area contributed by atoms with E-state index in [0.717, 1.165) is 5.56 Å². The Morgan fingerprint density at radius 2 is 1.75 bits per heavy atom. The number of carbonyl (C=O) groups is 3. The molecule has 0 saturated carbocycles. The Labute approximate surface area is 168 Å². The Balaban J connectivity index is 1.73. The highest BCUT2D eigenvalue weighted by atomic mass is 35.5. The molecule has 0 aliphatic rings. The molecule has 0 spiro atoms. The largest absolute Gasteiger partial charge is 0.496 e. The Kier molecular flexibility index (Phi) is 7.83. The van der Waals surface area contributed by atoms with E-state index >= 15 is 0 Å². The van der Waals surface area contributed by atoms with Crippen molar-refractivity contribution in [3.63, 3.8) is 0 Å². The van der Waals surface area contributed by atoms with E-state index in [4.69, 9.17) is 16.3 Å². The maximum atomic E-state index is 12.1. The van der Waals surface area contributed by atoms with Crippen LogP contribution in [0.4, 0.5) is 5.69 Å². The van der Waals surface area contributed by atoms with Crippen LogP contribution >= 0.6 is 11.6 Å². The van der Waals surface area contributed by atoms with E-state index in [1.165, 1.54) is 7.11 Å². The number of methoxy groups -OCH3 is 1. The summed E-state index contributed by atoms with van der Waals surface area (Å²) in [6.07, 6.45) is 0.0460. The first kappa shape index (κ1) is 21.2. The third-order valence-corrected chi connectivity index (χ3v) is 4.39. The smallest absolute Gasteiger partial charge is 0.255 e. The van der Waals surface area contributed by atoms with Crippen molar-refractivity contribution in [3.05, 3.63) is 58.6 Å². The molecule has 2 aromatic rings. The quantitative estimate of drug-likeness (QED) is 0.631. The van der Waals surface area contributed by atoms with Gasteiger partial charge in [-0.2, -0.15) is 0 Å². The molecule has 28 heavy (non-hydrogen) atoms. The van der Waals surface area contributed by atoms with Crippen molar-refractivity contribution in [2.75, 3.05) is 25.5 Å². The van der Waals surface area contributed by atoms with Crippen LogP contribution in [0.5, 0.6) is 5.75 Å². The van der Waals surface area contributed by atoms with E-state index in [1.807, 2.05) is 0 Å². The average molecular weight is 404 g/mol. The number of para-hydroxylation sites is 1. The molecule has 2 aromatic carbocycles. The standard InChI is InChI=1S/C20H22ClN3O4/c1-13-15(21)7-5-8-16(13)24-19(26)12-23-18(25)10-11-22-20(27)14-6-3-4-9-17(14)28-2/h3-9H,10-12H2,1-2H3,(H,22,27)(H,23,25)(H,24,26). The predicted octanol–water partition coefficient (Wildman–Crippen LogP) is 2.53. The molecule has 3 N–H and O–H groups in total. The lowest BCUT2D eigenvalue weighted by molar-refractivity contribution is -0.124. The van der Waals surface area contributed by atoms with Crippen LogP contribution in [-0.2, 0) is 9.59 Å². The zero-order valence-corrected chi connectivity index (χ0v) is 16.4. The minimum atomic E-state index is -0.364. The van der Waals surface area contributed by atoms with Crippen LogP contribution in [0.15, 0.2) is 42.5 Å². The molecule has 0 heterocycles. The average Bonchev–Trinajstić information content (AvgIpc) is 2.69. The summed E-state index contributed by atoms with van der Waals surface area (Å²) in [5.74, 6) is -0.591. The fourth-order valence-electron chi connectivity index (χ4n) is 2.42. The molecule has 3 amide bonds. The maximum Gasteiger partial charge on any atom is 0.255 e. The van der Waals surface area contributed by atoms with E-state index in [2.05, 4.69) is 16.0 Å². The molecule has 0 aliphatic heterocycles. The molecule has 0 bridgehead atoms. The fourth-order valence-corrected chi connectivity index (χ4v) is 2.60. The molecule has 0 fully saturated rings. The van der Waals surface area contributed by atoms with Gasteiger partial charge >= 0.3 is 0 Å². The van der Waals surface area contributed by atoms with E-state index in [1.54, 1.807) is 49.4 Å². The summed E-state index contributed by atoms with van der Waals surface area (Å²) in [6, 6.07) is 12.0. The van der Waals surface area contributed by atoms with E-state index < -0.39 is 0 Å². The highest BCUT2D eigenvalue weighted by Crippen LogP contribution is 2.22. The molecule has 0 atom stereocenters. The lowest BCUT2D eigenvalue weighted by atomic mass is 10.2. The summed E-state index contributed by atoms with van der Waals surface area (Å²) >= 11 is 6.01. The topological polar surface area (TPSA) is 96.5 Å². The van der Waals surface area contributed by atoms with Crippen LogP contribution in [0.1, 0.15) is 22.3 Å². The van der Waals surface area contributed by atoms with Gasteiger partial charge in [-0.15, -0.1) is 0 Å². The summed E-state index contributed by atoms with van der Waals surface area (Å²) in [4.78, 5) is 36.0. The summed E-state index contributed by atoms with van der Waals surface area (Å²) in [7, 11) is 1.48. The first-order valence-electron chi connectivity index (χ1n) is 8.65. The van der Waals surface area contributed by atoms with Crippen molar-refractivity contribution < 1.29 is 19.1 Å². The van der Waals surface area contributed by atoms with Crippen LogP contribution in [0.3, 0.4) is 0 Å². The van der Waals surface area contributed by atoms with Gasteiger partial charge in [-0.1, -0.05) is 29.8 Å². The van der Waals surface area contributed by atoms with Crippen LogP contribution < -0.4 is 20.7 Å². The molecule has 0 aromatic heterocycles. The van der Waals surface area contributed by atoms with Crippen LogP contribution in [-0.4, -0.2) is 37.9 Å². The molecule has 0 aliphatic carbocycles. The zero-order valence-electron chi connectivity index (χ0n) is 15.7. The summed E-state index contributed by atoms with van der Waals surface area (Å²) in [5, 5.41) is 8.41. The molecule has 2 rings (SSSR count). The molecule has 0 unspecified atom stereocenters. The second-order valence-corrected chi connectivity index (χ2v) is 6.35. The minimum absolute atomic E-state index is 0.0460. The Morgan fingerprint density at radius 1 is 1.00 bits per heavy atom. The van der Waals surface area contributed by atoms with Crippen molar-refractivity contribution in [1.29, 1.82) is 0 Å². The third-order valence-electron chi connectivity index (χ3n) is 3.98. The van der Waals surface area contributed by atoms with Gasteiger partial charge in [-0.3, -0.25) is 14.4 Å². The van der Waals surface area contributed by atoms with E-state index in [0.29, 0.717) is 22.0 Å². The number of amides is 3. The van der Waals surface area contributed by atoms with Crippen LogP contribution in [0, 0.1) is 6.92 Å². The van der Waals surface area contributed by atoms with Gasteiger partial charge in [0.2, 0.25) is 11.8 Å². The molecule has 0 radical (unpaired) electrons. The number of hydrogen-bond acceptors (Lipinski definition) is 4. The van der Waals surface area contributed by atoms with Gasteiger partial charge in [-0.05, 0) is 36.8 Å². The summed E-state index contributed by atoms with van der Waals surface area (Å²) < 4.78 is 5.13. The monoisotopic (exact) mass is 403 g/mol. The van der Waals surface area contributed by atoms with Crippen molar-refractivity contribution in [2.45, 2.75) is 13.3 Å². The normalized spacial score (nSPS) is 10.1.